The Labute approximate surface area is 79.1 Å². The molecule has 0 radical (unpaired) electrons. The Bertz CT molecular complexity index is 274. The van der Waals surface area contributed by atoms with Crippen LogP contribution in [0.15, 0.2) is 18.2 Å². The van der Waals surface area contributed by atoms with Crippen LogP contribution >= 0.6 is 0 Å². The molecule has 1 aromatic carbocycles. The quantitative estimate of drug-likeness (QED) is 0.695. The Morgan fingerprint density at radius 3 is 2.77 bits per heavy atom. The van der Waals surface area contributed by atoms with Crippen LogP contribution in [0, 0.1) is 6.92 Å². The Morgan fingerprint density at radius 1 is 1.38 bits per heavy atom. The van der Waals surface area contributed by atoms with Crippen molar-refractivity contribution in [3.63, 3.8) is 0 Å². The first-order valence-electron chi connectivity index (χ1n) is 4.44. The minimum absolute atomic E-state index is 0.698. The molecule has 2 N–H and O–H groups in total. The van der Waals surface area contributed by atoms with Crippen molar-refractivity contribution in [1.82, 2.24) is 5.43 Å². The van der Waals surface area contributed by atoms with Gasteiger partial charge < -0.3 is 10.2 Å². The summed E-state index contributed by atoms with van der Waals surface area (Å²) in [6, 6.07) is 6.02. The van der Waals surface area contributed by atoms with Gasteiger partial charge in [-0.05, 0) is 25.5 Å². The van der Waals surface area contributed by atoms with E-state index >= 15 is 0 Å². The molecular formula is C10H16N2O. The van der Waals surface area contributed by atoms with Crippen LogP contribution in [0.5, 0.6) is 5.75 Å². The van der Waals surface area contributed by atoms with E-state index in [9.17, 15) is 0 Å². The molecule has 0 aliphatic carbocycles. The third-order valence-corrected chi connectivity index (χ3v) is 1.76. The van der Waals surface area contributed by atoms with Crippen molar-refractivity contribution in [3.8, 4) is 5.75 Å². The second-order valence-corrected chi connectivity index (χ2v) is 2.79. The largest absolute Gasteiger partial charge is 0.494 e. The number of benzene rings is 1. The average Bonchev–Trinajstić information content (AvgIpc) is 2.12. The molecule has 0 saturated carbocycles. The average molecular weight is 180 g/mol. The number of anilines is 1. The van der Waals surface area contributed by atoms with Gasteiger partial charge >= 0.3 is 0 Å². The van der Waals surface area contributed by atoms with Crippen LogP contribution in [0.2, 0.25) is 0 Å². The third kappa shape index (κ3) is 2.63. The SMILES string of the molecule is CCOc1cc(NNC)ccc1C. The van der Waals surface area contributed by atoms with Crippen LogP contribution in [0.1, 0.15) is 12.5 Å². The van der Waals surface area contributed by atoms with Crippen molar-refractivity contribution in [2.24, 2.45) is 0 Å². The van der Waals surface area contributed by atoms with Crippen LogP contribution in [0.25, 0.3) is 0 Å². The lowest BCUT2D eigenvalue weighted by atomic mass is 10.2. The Morgan fingerprint density at radius 2 is 2.15 bits per heavy atom. The van der Waals surface area contributed by atoms with Gasteiger partial charge in [0.25, 0.3) is 0 Å². The van der Waals surface area contributed by atoms with E-state index in [1.165, 1.54) is 0 Å². The monoisotopic (exact) mass is 180 g/mol. The molecule has 1 aromatic rings. The van der Waals surface area contributed by atoms with Crippen LogP contribution in [-0.2, 0) is 0 Å². The van der Waals surface area contributed by atoms with Gasteiger partial charge in [-0.3, -0.25) is 0 Å². The molecule has 1 rings (SSSR count). The summed E-state index contributed by atoms with van der Waals surface area (Å²) in [7, 11) is 1.83. The summed E-state index contributed by atoms with van der Waals surface area (Å²) in [5.41, 5.74) is 8.04. The zero-order valence-electron chi connectivity index (χ0n) is 8.35. The highest BCUT2D eigenvalue weighted by Crippen LogP contribution is 2.21. The molecular weight excluding hydrogens is 164 g/mol. The summed E-state index contributed by atoms with van der Waals surface area (Å²) in [4.78, 5) is 0. The molecule has 0 amide bonds. The molecule has 0 spiro atoms. The number of rotatable bonds is 4. The van der Waals surface area contributed by atoms with Crippen LogP contribution < -0.4 is 15.6 Å². The van der Waals surface area contributed by atoms with Crippen molar-refractivity contribution in [2.75, 3.05) is 19.1 Å². The van der Waals surface area contributed by atoms with Gasteiger partial charge in [0.1, 0.15) is 5.75 Å². The highest BCUT2D eigenvalue weighted by Gasteiger charge is 1.99. The maximum Gasteiger partial charge on any atom is 0.124 e. The summed E-state index contributed by atoms with van der Waals surface area (Å²) in [5.74, 6) is 0.933. The Hall–Kier alpha value is -1.22. The van der Waals surface area contributed by atoms with Gasteiger partial charge in [0.2, 0.25) is 0 Å². The van der Waals surface area contributed by atoms with Gasteiger partial charge in [-0.2, -0.15) is 0 Å². The van der Waals surface area contributed by atoms with Gasteiger partial charge in [-0.15, -0.1) is 0 Å². The maximum atomic E-state index is 5.46. The first kappa shape index (κ1) is 9.86. The summed E-state index contributed by atoms with van der Waals surface area (Å²) in [6.07, 6.45) is 0. The van der Waals surface area contributed by atoms with E-state index < -0.39 is 0 Å². The number of nitrogens with one attached hydrogen (secondary N) is 2. The van der Waals surface area contributed by atoms with E-state index in [1.54, 1.807) is 0 Å². The van der Waals surface area contributed by atoms with Gasteiger partial charge in [-0.25, -0.2) is 5.43 Å². The van der Waals surface area contributed by atoms with Crippen LogP contribution in [-0.4, -0.2) is 13.7 Å². The lowest BCUT2D eigenvalue weighted by Crippen LogP contribution is -2.14. The first-order chi connectivity index (χ1) is 6.27. The summed E-state index contributed by atoms with van der Waals surface area (Å²) >= 11 is 0. The van der Waals surface area contributed by atoms with E-state index in [2.05, 4.69) is 10.9 Å². The topological polar surface area (TPSA) is 33.3 Å². The lowest BCUT2D eigenvalue weighted by molar-refractivity contribution is 0.338. The standard InChI is InChI=1S/C10H16N2O/c1-4-13-10-7-9(12-11-3)6-5-8(10)2/h5-7,11-12H,4H2,1-3H3. The Balaban J connectivity index is 2.83. The minimum atomic E-state index is 0.698. The van der Waals surface area contributed by atoms with Crippen LogP contribution in [0.4, 0.5) is 5.69 Å². The van der Waals surface area contributed by atoms with Crippen molar-refractivity contribution in [2.45, 2.75) is 13.8 Å². The highest BCUT2D eigenvalue weighted by molar-refractivity contribution is 5.50. The van der Waals surface area contributed by atoms with E-state index in [0.29, 0.717) is 6.61 Å². The lowest BCUT2D eigenvalue weighted by Gasteiger charge is -2.10. The van der Waals surface area contributed by atoms with Gasteiger partial charge in [0, 0.05) is 13.1 Å². The normalized spacial score (nSPS) is 9.77. The first-order valence-corrected chi connectivity index (χ1v) is 4.44. The molecule has 0 aliphatic rings. The zero-order valence-corrected chi connectivity index (χ0v) is 8.35. The van der Waals surface area contributed by atoms with Gasteiger partial charge in [0.15, 0.2) is 0 Å². The molecule has 3 nitrogen and oxygen atoms in total. The van der Waals surface area contributed by atoms with E-state index in [4.69, 9.17) is 4.74 Å². The van der Waals surface area contributed by atoms with Crippen molar-refractivity contribution in [1.29, 1.82) is 0 Å². The maximum absolute atomic E-state index is 5.46. The summed E-state index contributed by atoms with van der Waals surface area (Å²) in [5, 5.41) is 0. The van der Waals surface area contributed by atoms with Crippen molar-refractivity contribution >= 4 is 5.69 Å². The van der Waals surface area contributed by atoms with Crippen LogP contribution in [0.3, 0.4) is 0 Å². The number of hydrazine groups is 1. The molecule has 72 valence electrons. The Kier molecular flexibility index (Phi) is 3.58. The number of aryl methyl sites for hydroxylation is 1. The van der Waals surface area contributed by atoms with Gasteiger partial charge in [-0.1, -0.05) is 6.07 Å². The fraction of sp³-hybridized carbons (Fsp3) is 0.400. The zero-order chi connectivity index (χ0) is 9.68. The molecule has 0 heterocycles. The molecule has 0 unspecified atom stereocenters. The predicted octanol–water partition coefficient (Wildman–Crippen LogP) is 1.94. The molecule has 13 heavy (non-hydrogen) atoms. The smallest absolute Gasteiger partial charge is 0.124 e. The third-order valence-electron chi connectivity index (χ3n) is 1.76. The molecule has 0 bridgehead atoms. The van der Waals surface area contributed by atoms with Crippen molar-refractivity contribution in [3.05, 3.63) is 23.8 Å². The highest BCUT2D eigenvalue weighted by atomic mass is 16.5. The fourth-order valence-corrected chi connectivity index (χ4v) is 1.13. The van der Waals surface area contributed by atoms with E-state index in [1.807, 2.05) is 39.1 Å². The second kappa shape index (κ2) is 4.72. The fourth-order valence-electron chi connectivity index (χ4n) is 1.13. The summed E-state index contributed by atoms with van der Waals surface area (Å²) < 4.78 is 5.46. The summed E-state index contributed by atoms with van der Waals surface area (Å²) in [6.45, 7) is 4.72. The number of hydrogen-bond acceptors (Lipinski definition) is 3. The second-order valence-electron chi connectivity index (χ2n) is 2.79. The van der Waals surface area contributed by atoms with Crippen molar-refractivity contribution < 1.29 is 4.74 Å². The molecule has 0 saturated heterocycles. The van der Waals surface area contributed by atoms with E-state index in [-0.39, 0.29) is 0 Å². The molecule has 0 atom stereocenters. The molecule has 0 aromatic heterocycles. The molecule has 3 heteroatoms. The van der Waals surface area contributed by atoms with E-state index in [0.717, 1.165) is 17.0 Å². The number of hydrogen-bond donors (Lipinski definition) is 2. The minimum Gasteiger partial charge on any atom is -0.494 e. The van der Waals surface area contributed by atoms with Gasteiger partial charge in [0.05, 0.1) is 12.3 Å². The molecule has 0 aliphatic heterocycles. The molecule has 0 fully saturated rings. The predicted molar refractivity (Wildman–Crippen MR) is 55.0 cm³/mol. The number of ether oxygens (including phenoxy) is 1.